The van der Waals surface area contributed by atoms with E-state index in [2.05, 4.69) is 27.4 Å². The fraction of sp³-hybridized carbons (Fsp3) is 0.214. The highest BCUT2D eigenvalue weighted by atomic mass is 79.9. The summed E-state index contributed by atoms with van der Waals surface area (Å²) in [6.45, 7) is 2.00. The molecule has 0 spiro atoms. The minimum Gasteiger partial charge on any atom is -0.294 e. The van der Waals surface area contributed by atoms with Gasteiger partial charge in [0.25, 0.3) is 0 Å². The molecule has 3 heteroatoms. The molecular weight excluding hydrogens is 296 g/mol. The minimum absolute atomic E-state index is 0.201. The number of benzene rings is 1. The standard InChI is InChI=1S/C14H13BrOS/c1-10-3-2-4-12(14(10)15)13(16)6-5-11-7-8-17-9-11/h2-4,7-9H,5-6H2,1H3. The number of halogens is 1. The molecule has 1 aromatic heterocycles. The van der Waals surface area contributed by atoms with Gasteiger partial charge in [0.1, 0.15) is 0 Å². The number of thiophene rings is 1. The van der Waals surface area contributed by atoms with Gasteiger partial charge in [-0.3, -0.25) is 4.79 Å². The molecule has 0 aliphatic heterocycles. The molecule has 0 aliphatic rings. The average Bonchev–Trinajstić information content (AvgIpc) is 2.82. The number of aryl methyl sites for hydroxylation is 2. The average molecular weight is 309 g/mol. The van der Waals surface area contributed by atoms with Crippen molar-refractivity contribution in [1.82, 2.24) is 0 Å². The van der Waals surface area contributed by atoms with Crippen molar-refractivity contribution < 1.29 is 4.79 Å². The van der Waals surface area contributed by atoms with Crippen LogP contribution in [-0.4, -0.2) is 5.78 Å². The molecule has 0 N–H and O–H groups in total. The van der Waals surface area contributed by atoms with Gasteiger partial charge in [-0.1, -0.05) is 18.2 Å². The van der Waals surface area contributed by atoms with E-state index >= 15 is 0 Å². The van der Waals surface area contributed by atoms with Gasteiger partial charge < -0.3 is 0 Å². The highest BCUT2D eigenvalue weighted by molar-refractivity contribution is 9.10. The summed E-state index contributed by atoms with van der Waals surface area (Å²) < 4.78 is 0.926. The molecule has 88 valence electrons. The summed E-state index contributed by atoms with van der Waals surface area (Å²) >= 11 is 5.15. The summed E-state index contributed by atoms with van der Waals surface area (Å²) in [5, 5.41) is 4.14. The Morgan fingerprint density at radius 1 is 1.35 bits per heavy atom. The number of rotatable bonds is 4. The maximum atomic E-state index is 12.1. The Labute approximate surface area is 114 Å². The summed E-state index contributed by atoms with van der Waals surface area (Å²) in [7, 11) is 0. The molecule has 0 amide bonds. The maximum Gasteiger partial charge on any atom is 0.164 e. The van der Waals surface area contributed by atoms with E-state index in [0.717, 1.165) is 22.0 Å². The zero-order chi connectivity index (χ0) is 12.3. The molecule has 2 aromatic rings. The van der Waals surface area contributed by atoms with Crippen LogP contribution < -0.4 is 0 Å². The minimum atomic E-state index is 0.201. The molecule has 0 fully saturated rings. The van der Waals surface area contributed by atoms with Crippen LogP contribution in [0.1, 0.15) is 27.9 Å². The Kier molecular flexibility index (Phi) is 4.13. The van der Waals surface area contributed by atoms with Gasteiger partial charge in [0, 0.05) is 16.5 Å². The molecule has 0 unspecified atom stereocenters. The normalized spacial score (nSPS) is 10.5. The highest BCUT2D eigenvalue weighted by Crippen LogP contribution is 2.23. The first-order valence-corrected chi connectivity index (χ1v) is 7.21. The van der Waals surface area contributed by atoms with Gasteiger partial charge in [0.05, 0.1) is 0 Å². The van der Waals surface area contributed by atoms with Crippen LogP contribution in [0.15, 0.2) is 39.5 Å². The first-order valence-electron chi connectivity index (χ1n) is 5.48. The van der Waals surface area contributed by atoms with Crippen molar-refractivity contribution in [2.75, 3.05) is 0 Å². The van der Waals surface area contributed by atoms with Crippen molar-refractivity contribution in [2.45, 2.75) is 19.8 Å². The Hall–Kier alpha value is -0.930. The SMILES string of the molecule is Cc1cccc(C(=O)CCc2ccsc2)c1Br. The molecule has 1 aromatic carbocycles. The van der Waals surface area contributed by atoms with E-state index < -0.39 is 0 Å². The van der Waals surface area contributed by atoms with Crippen molar-refractivity contribution in [3.63, 3.8) is 0 Å². The van der Waals surface area contributed by atoms with Crippen molar-refractivity contribution in [1.29, 1.82) is 0 Å². The van der Waals surface area contributed by atoms with E-state index in [1.165, 1.54) is 5.56 Å². The van der Waals surface area contributed by atoms with E-state index in [4.69, 9.17) is 0 Å². The Balaban J connectivity index is 2.07. The lowest BCUT2D eigenvalue weighted by Gasteiger charge is -2.05. The van der Waals surface area contributed by atoms with Gasteiger partial charge in [-0.05, 0) is 57.2 Å². The quantitative estimate of drug-likeness (QED) is 0.752. The molecule has 0 atom stereocenters. The molecule has 17 heavy (non-hydrogen) atoms. The third-order valence-corrected chi connectivity index (χ3v) is 4.50. The second kappa shape index (κ2) is 5.61. The van der Waals surface area contributed by atoms with Crippen LogP contribution >= 0.6 is 27.3 Å². The largest absolute Gasteiger partial charge is 0.294 e. The van der Waals surface area contributed by atoms with Crippen LogP contribution in [0.2, 0.25) is 0 Å². The molecule has 0 aliphatic carbocycles. The molecular formula is C14H13BrOS. The van der Waals surface area contributed by atoms with Crippen LogP contribution in [0.5, 0.6) is 0 Å². The summed E-state index contributed by atoms with van der Waals surface area (Å²) in [6, 6.07) is 7.88. The van der Waals surface area contributed by atoms with Gasteiger partial charge in [-0.25, -0.2) is 0 Å². The summed E-state index contributed by atoms with van der Waals surface area (Å²) in [5.74, 6) is 0.201. The van der Waals surface area contributed by atoms with Gasteiger partial charge in [0.15, 0.2) is 5.78 Å². The van der Waals surface area contributed by atoms with Crippen LogP contribution in [-0.2, 0) is 6.42 Å². The first kappa shape index (κ1) is 12.5. The van der Waals surface area contributed by atoms with Gasteiger partial charge in [0.2, 0.25) is 0 Å². The third-order valence-electron chi connectivity index (χ3n) is 2.71. The molecule has 1 nitrogen and oxygen atoms in total. The fourth-order valence-electron chi connectivity index (χ4n) is 1.69. The van der Waals surface area contributed by atoms with E-state index in [1.807, 2.05) is 30.5 Å². The van der Waals surface area contributed by atoms with Crippen LogP contribution in [0.25, 0.3) is 0 Å². The Morgan fingerprint density at radius 2 is 2.18 bits per heavy atom. The van der Waals surface area contributed by atoms with Crippen LogP contribution in [0, 0.1) is 6.92 Å². The van der Waals surface area contributed by atoms with Gasteiger partial charge in [-0.15, -0.1) is 0 Å². The molecule has 0 radical (unpaired) electrons. The second-order valence-electron chi connectivity index (χ2n) is 3.99. The number of Topliss-reactive ketones (excluding diaryl/α,β-unsaturated/α-hetero) is 1. The smallest absolute Gasteiger partial charge is 0.164 e. The van der Waals surface area contributed by atoms with Crippen LogP contribution in [0.3, 0.4) is 0 Å². The van der Waals surface area contributed by atoms with E-state index in [0.29, 0.717) is 6.42 Å². The zero-order valence-electron chi connectivity index (χ0n) is 9.57. The van der Waals surface area contributed by atoms with Gasteiger partial charge >= 0.3 is 0 Å². The maximum absolute atomic E-state index is 12.1. The first-order chi connectivity index (χ1) is 8.18. The number of carbonyl (C=O) groups excluding carboxylic acids is 1. The Bertz CT molecular complexity index is 517. The van der Waals surface area contributed by atoms with Crippen molar-refractivity contribution in [2.24, 2.45) is 0 Å². The monoisotopic (exact) mass is 308 g/mol. The third kappa shape index (κ3) is 3.05. The molecule has 0 saturated carbocycles. The lowest BCUT2D eigenvalue weighted by Crippen LogP contribution is -2.02. The topological polar surface area (TPSA) is 17.1 Å². The van der Waals surface area contributed by atoms with Crippen LogP contribution in [0.4, 0.5) is 0 Å². The van der Waals surface area contributed by atoms with E-state index in [-0.39, 0.29) is 5.78 Å². The van der Waals surface area contributed by atoms with Crippen molar-refractivity contribution in [3.05, 3.63) is 56.2 Å². The summed E-state index contributed by atoms with van der Waals surface area (Å²) in [4.78, 5) is 12.1. The molecule has 1 heterocycles. The summed E-state index contributed by atoms with van der Waals surface area (Å²) in [5.41, 5.74) is 3.14. The Morgan fingerprint density at radius 3 is 2.88 bits per heavy atom. The van der Waals surface area contributed by atoms with Crippen molar-refractivity contribution >= 4 is 33.0 Å². The summed E-state index contributed by atoms with van der Waals surface area (Å²) in [6.07, 6.45) is 1.39. The molecule has 2 rings (SSSR count). The highest BCUT2D eigenvalue weighted by Gasteiger charge is 2.11. The van der Waals surface area contributed by atoms with Crippen molar-refractivity contribution in [3.8, 4) is 0 Å². The lowest BCUT2D eigenvalue weighted by molar-refractivity contribution is 0.0982. The zero-order valence-corrected chi connectivity index (χ0v) is 12.0. The number of hydrogen-bond acceptors (Lipinski definition) is 2. The number of carbonyl (C=O) groups is 1. The molecule has 0 bridgehead atoms. The molecule has 0 saturated heterocycles. The number of ketones is 1. The van der Waals surface area contributed by atoms with E-state index in [1.54, 1.807) is 11.3 Å². The predicted molar refractivity (Wildman–Crippen MR) is 75.8 cm³/mol. The predicted octanol–water partition coefficient (Wildman–Crippen LogP) is 4.63. The lowest BCUT2D eigenvalue weighted by atomic mass is 10.0. The second-order valence-corrected chi connectivity index (χ2v) is 5.56. The fourth-order valence-corrected chi connectivity index (χ4v) is 2.88. The van der Waals surface area contributed by atoms with Gasteiger partial charge in [-0.2, -0.15) is 11.3 Å². The number of hydrogen-bond donors (Lipinski definition) is 0. The van der Waals surface area contributed by atoms with E-state index in [9.17, 15) is 4.79 Å².